The molecule has 1 aromatic heterocycles. The van der Waals surface area contributed by atoms with Crippen LogP contribution in [-0.2, 0) is 24.2 Å². The molecule has 0 atom stereocenters. The molecule has 2 aliphatic rings. The normalized spacial score (nSPS) is 15.9. The third-order valence-corrected chi connectivity index (χ3v) is 5.65. The van der Waals surface area contributed by atoms with Crippen LogP contribution in [0.2, 0.25) is 0 Å². The van der Waals surface area contributed by atoms with Gasteiger partial charge in [0.25, 0.3) is 5.56 Å². The summed E-state index contributed by atoms with van der Waals surface area (Å²) in [7, 11) is 3.18. The molecular weight excluding hydrogens is 372 g/mol. The summed E-state index contributed by atoms with van der Waals surface area (Å²) in [5, 5.41) is 0. The van der Waals surface area contributed by atoms with Crippen molar-refractivity contribution in [3.05, 3.63) is 45.4 Å². The van der Waals surface area contributed by atoms with Gasteiger partial charge in [-0.25, -0.2) is 4.98 Å². The standard InChI is InChI=1S/C21H26N4O4/c1-28-15-5-6-18(29-2)14(11-15)12-19(26)25-10-7-16-17(13-25)22-21(23-20(16)27)24-8-3-4-9-24/h5-6,11H,3-4,7-10,12-13H2,1-2H3,(H,22,23,27). The Morgan fingerprint density at radius 2 is 1.97 bits per heavy atom. The summed E-state index contributed by atoms with van der Waals surface area (Å²) >= 11 is 0. The van der Waals surface area contributed by atoms with E-state index in [0.717, 1.165) is 31.5 Å². The molecule has 154 valence electrons. The first-order valence-electron chi connectivity index (χ1n) is 9.94. The summed E-state index contributed by atoms with van der Waals surface area (Å²) in [5.41, 5.74) is 2.08. The third-order valence-electron chi connectivity index (χ3n) is 5.65. The highest BCUT2D eigenvalue weighted by Gasteiger charge is 2.26. The number of carbonyl (C=O) groups is 1. The van der Waals surface area contributed by atoms with Gasteiger partial charge >= 0.3 is 0 Å². The summed E-state index contributed by atoms with van der Waals surface area (Å²) < 4.78 is 10.7. The SMILES string of the molecule is COc1ccc(OC)c(CC(=O)N2CCc3c(nc(N4CCCC4)[nH]c3=O)C2)c1. The van der Waals surface area contributed by atoms with Crippen LogP contribution >= 0.6 is 0 Å². The van der Waals surface area contributed by atoms with E-state index in [4.69, 9.17) is 9.47 Å². The van der Waals surface area contributed by atoms with Crippen LogP contribution in [0.5, 0.6) is 11.5 Å². The molecule has 1 fully saturated rings. The van der Waals surface area contributed by atoms with Gasteiger partial charge in [0.2, 0.25) is 11.9 Å². The Hall–Kier alpha value is -3.03. The monoisotopic (exact) mass is 398 g/mol. The highest BCUT2D eigenvalue weighted by Crippen LogP contribution is 2.26. The van der Waals surface area contributed by atoms with E-state index in [9.17, 15) is 9.59 Å². The third kappa shape index (κ3) is 3.92. The number of hydrogen-bond donors (Lipinski definition) is 1. The molecule has 4 rings (SSSR count). The Balaban J connectivity index is 1.53. The van der Waals surface area contributed by atoms with Crippen LogP contribution in [0, 0.1) is 0 Å². The van der Waals surface area contributed by atoms with Gasteiger partial charge in [0.15, 0.2) is 0 Å². The van der Waals surface area contributed by atoms with Gasteiger partial charge in [-0.2, -0.15) is 0 Å². The van der Waals surface area contributed by atoms with Gasteiger partial charge in [-0.05, 0) is 37.5 Å². The summed E-state index contributed by atoms with van der Waals surface area (Å²) in [5.74, 6) is 1.94. The number of aromatic nitrogens is 2. The number of fused-ring (bicyclic) bond motifs is 1. The van der Waals surface area contributed by atoms with Gasteiger partial charge in [-0.15, -0.1) is 0 Å². The molecule has 8 nitrogen and oxygen atoms in total. The predicted molar refractivity (Wildman–Crippen MR) is 109 cm³/mol. The van der Waals surface area contributed by atoms with Crippen LogP contribution in [0.3, 0.4) is 0 Å². The van der Waals surface area contributed by atoms with Gasteiger partial charge in [-0.1, -0.05) is 0 Å². The highest BCUT2D eigenvalue weighted by atomic mass is 16.5. The molecule has 1 N–H and O–H groups in total. The Kier molecular flexibility index (Phi) is 5.42. The van der Waals surface area contributed by atoms with Crippen LogP contribution in [0.25, 0.3) is 0 Å². The number of carbonyl (C=O) groups excluding carboxylic acids is 1. The largest absolute Gasteiger partial charge is 0.497 e. The lowest BCUT2D eigenvalue weighted by molar-refractivity contribution is -0.131. The van der Waals surface area contributed by atoms with Crippen LogP contribution in [-0.4, -0.2) is 54.6 Å². The molecule has 0 bridgehead atoms. The Bertz CT molecular complexity index is 966. The molecule has 3 heterocycles. The lowest BCUT2D eigenvalue weighted by Gasteiger charge is -2.29. The number of rotatable bonds is 5. The quantitative estimate of drug-likeness (QED) is 0.822. The van der Waals surface area contributed by atoms with Crippen molar-refractivity contribution in [2.45, 2.75) is 32.2 Å². The lowest BCUT2D eigenvalue weighted by atomic mass is 10.0. The minimum Gasteiger partial charge on any atom is -0.497 e. The fraction of sp³-hybridized carbons (Fsp3) is 0.476. The Morgan fingerprint density at radius 3 is 2.69 bits per heavy atom. The number of benzene rings is 1. The maximum atomic E-state index is 13.0. The second-order valence-electron chi connectivity index (χ2n) is 7.43. The van der Waals surface area contributed by atoms with Crippen molar-refractivity contribution >= 4 is 11.9 Å². The maximum Gasteiger partial charge on any atom is 0.255 e. The molecule has 0 saturated carbocycles. The number of nitrogens with zero attached hydrogens (tertiary/aromatic N) is 3. The first-order valence-corrected chi connectivity index (χ1v) is 9.94. The average Bonchev–Trinajstić information content (AvgIpc) is 3.28. The van der Waals surface area contributed by atoms with E-state index in [0.29, 0.717) is 48.2 Å². The zero-order chi connectivity index (χ0) is 20.4. The van der Waals surface area contributed by atoms with E-state index in [2.05, 4.69) is 14.9 Å². The zero-order valence-corrected chi connectivity index (χ0v) is 16.9. The summed E-state index contributed by atoms with van der Waals surface area (Å²) in [4.78, 5) is 37.0. The fourth-order valence-electron chi connectivity index (χ4n) is 4.01. The van der Waals surface area contributed by atoms with Gasteiger partial charge < -0.3 is 19.3 Å². The molecule has 1 saturated heterocycles. The predicted octanol–water partition coefficient (Wildman–Crippen LogP) is 1.51. The molecule has 0 aliphatic carbocycles. The Morgan fingerprint density at radius 1 is 1.17 bits per heavy atom. The molecule has 1 amide bonds. The van der Waals surface area contributed by atoms with Gasteiger partial charge in [0.05, 0.1) is 32.9 Å². The van der Waals surface area contributed by atoms with Crippen molar-refractivity contribution in [3.8, 4) is 11.5 Å². The van der Waals surface area contributed by atoms with Gasteiger partial charge in [0, 0.05) is 30.8 Å². The zero-order valence-electron chi connectivity index (χ0n) is 16.9. The van der Waals surface area contributed by atoms with Crippen LogP contribution < -0.4 is 19.9 Å². The number of anilines is 1. The minimum atomic E-state index is -0.0848. The van der Waals surface area contributed by atoms with Crippen LogP contribution in [0.4, 0.5) is 5.95 Å². The molecule has 0 radical (unpaired) electrons. The van der Waals surface area contributed by atoms with E-state index in [1.54, 1.807) is 31.3 Å². The summed E-state index contributed by atoms with van der Waals surface area (Å²) in [6.45, 7) is 2.66. The van der Waals surface area contributed by atoms with E-state index in [-0.39, 0.29) is 17.9 Å². The molecule has 8 heteroatoms. The Labute approximate surface area is 169 Å². The number of amides is 1. The number of ether oxygens (including phenoxy) is 2. The molecule has 1 aromatic carbocycles. The van der Waals surface area contributed by atoms with E-state index < -0.39 is 0 Å². The van der Waals surface area contributed by atoms with Gasteiger partial charge in [-0.3, -0.25) is 14.6 Å². The second-order valence-corrected chi connectivity index (χ2v) is 7.43. The number of methoxy groups -OCH3 is 2. The van der Waals surface area contributed by atoms with Crippen molar-refractivity contribution in [2.24, 2.45) is 0 Å². The van der Waals surface area contributed by atoms with Gasteiger partial charge in [0.1, 0.15) is 11.5 Å². The van der Waals surface area contributed by atoms with E-state index in [1.165, 1.54) is 0 Å². The molecule has 2 aromatic rings. The van der Waals surface area contributed by atoms with Crippen molar-refractivity contribution in [1.82, 2.24) is 14.9 Å². The summed E-state index contributed by atoms with van der Waals surface area (Å²) in [6.07, 6.45) is 2.93. The van der Waals surface area contributed by atoms with Crippen LogP contribution in [0.1, 0.15) is 29.7 Å². The average molecular weight is 398 g/mol. The first-order chi connectivity index (χ1) is 14.1. The van der Waals surface area contributed by atoms with E-state index in [1.807, 2.05) is 6.07 Å². The topological polar surface area (TPSA) is 87.8 Å². The number of H-pyrrole nitrogens is 1. The fourth-order valence-corrected chi connectivity index (χ4v) is 4.01. The maximum absolute atomic E-state index is 13.0. The van der Waals surface area contributed by atoms with E-state index >= 15 is 0 Å². The summed E-state index contributed by atoms with van der Waals surface area (Å²) in [6, 6.07) is 5.43. The van der Waals surface area contributed by atoms with Crippen molar-refractivity contribution in [3.63, 3.8) is 0 Å². The molecule has 0 spiro atoms. The first kappa shape index (κ1) is 19.3. The van der Waals surface area contributed by atoms with Crippen molar-refractivity contribution in [2.75, 3.05) is 38.8 Å². The number of nitrogens with one attached hydrogen (secondary N) is 1. The molecular formula is C21H26N4O4. The lowest BCUT2D eigenvalue weighted by Crippen LogP contribution is -2.40. The number of aromatic amines is 1. The smallest absolute Gasteiger partial charge is 0.255 e. The van der Waals surface area contributed by atoms with Crippen LogP contribution in [0.15, 0.2) is 23.0 Å². The molecule has 29 heavy (non-hydrogen) atoms. The van der Waals surface area contributed by atoms with Crippen molar-refractivity contribution in [1.29, 1.82) is 0 Å². The molecule has 0 unspecified atom stereocenters. The van der Waals surface area contributed by atoms with Crippen molar-refractivity contribution < 1.29 is 14.3 Å². The molecule has 2 aliphatic heterocycles. The second kappa shape index (κ2) is 8.14. The number of hydrogen-bond acceptors (Lipinski definition) is 6. The highest BCUT2D eigenvalue weighted by molar-refractivity contribution is 5.80. The minimum absolute atomic E-state index is 0.0213.